The lowest BCUT2D eigenvalue weighted by Gasteiger charge is -2.57. The summed E-state index contributed by atoms with van der Waals surface area (Å²) in [6.07, 6.45) is -2.67. The fraction of sp³-hybridized carbons (Fsp3) is 0.115. The molecule has 2 N–H and O–H groups in total. The maximum Gasteiger partial charge on any atom is 0.488 e. The van der Waals surface area contributed by atoms with Gasteiger partial charge in [0.05, 0.1) is 12.7 Å². The van der Waals surface area contributed by atoms with Crippen LogP contribution < -0.4 is 10.2 Å². The molecule has 26 atom stereocenters. The van der Waals surface area contributed by atoms with E-state index in [2.05, 4.69) is 236 Å². The lowest BCUT2D eigenvalue weighted by Crippen LogP contribution is -2.30. The number of alkyl halides is 4. The quantitative estimate of drug-likeness (QED) is 0.0267. The Balaban J connectivity index is 0.000000717. The molecule has 0 aliphatic carbocycles. The van der Waals surface area contributed by atoms with Gasteiger partial charge >= 0.3 is 7.12 Å². The van der Waals surface area contributed by atoms with E-state index in [0.29, 0.717) is 4.47 Å². The fourth-order valence-electron chi connectivity index (χ4n) is 5.61. The van der Waals surface area contributed by atoms with Crippen LogP contribution in [0.5, 0.6) is 5.75 Å². The van der Waals surface area contributed by atoms with E-state index in [0.717, 1.165) is 51.6 Å². The second-order valence-corrected chi connectivity index (χ2v) is 198. The maximum atomic E-state index is 13.4. The van der Waals surface area contributed by atoms with Crippen molar-refractivity contribution in [1.82, 2.24) is 9.97 Å². The average molecular weight is 2110 g/mol. The number of pyridine rings is 2. The first-order chi connectivity index (χ1) is 40.3. The van der Waals surface area contributed by atoms with Crippen molar-refractivity contribution in [3.05, 3.63) is 106 Å². The predicted octanol–water partition coefficient (Wildman–Crippen LogP) is 32.4. The molecule has 6 nitrogen and oxygen atoms in total. The number of carbonyl (C=O) groups excluding carboxylic acids is 1. The zero-order valence-electron chi connectivity index (χ0n) is 44.3. The van der Waals surface area contributed by atoms with Crippen molar-refractivity contribution >= 4 is 395 Å². The summed E-state index contributed by atoms with van der Waals surface area (Å²) < 4.78 is 106. The summed E-state index contributed by atoms with van der Waals surface area (Å²) in [6.45, 7) is -2.44. The highest BCUT2D eigenvalue weighted by molar-refractivity contribution is 9.50. The molecule has 26 unspecified atom stereocenters. The number of aldehydes is 1. The minimum absolute atomic E-state index is 0.0371. The Bertz CT molecular complexity index is 2480. The minimum atomic E-state index is -2.71. The molecular weight excluding hydrogens is 2040 g/mol. The Kier molecular flexibility index (Phi) is 61.7. The molecule has 0 bridgehead atoms. The number of hydrogen-bond donors (Lipinski definition) is 2. The van der Waals surface area contributed by atoms with Gasteiger partial charge in [-0.1, -0.05) is 14.0 Å². The SMILES string of the molecule is COc1c(F)cc(B(O)O)cc1F.FC(F)c1ccc(Br)cn1.O=Cc1c(F)cc(-c2ccc(C(F)F)nc2)cc1F.PPP(P(P)P)P(P(P(P)P)P(P)P)P(P(P(P(P)P)P(P)P)P(P(P)P)P(P)P)P(P(P(P)P)P(P)P)P(P(P)P)P(P)P. The van der Waals surface area contributed by atoms with Gasteiger partial charge in [-0.05, 0) is 216 Å². The van der Waals surface area contributed by atoms with Crippen LogP contribution >= 0.6 is 376 Å². The number of carbonyl (C=O) groups is 1. The number of nitrogens with zero attached hydrogens (tertiary/aromatic N) is 2. The number of halogens is 9. The van der Waals surface area contributed by atoms with Crippen LogP contribution in [0.15, 0.2) is 65.4 Å². The van der Waals surface area contributed by atoms with E-state index < -0.39 is 60.2 Å². The first-order valence-electron chi connectivity index (χ1n) is 21.5. The lowest BCUT2D eigenvalue weighted by atomic mass is 9.80. The Morgan fingerprint density at radius 1 is 0.483 bits per heavy atom. The van der Waals surface area contributed by atoms with Gasteiger partial charge in [-0.2, -0.15) is 0 Å². The van der Waals surface area contributed by atoms with Crippen molar-refractivity contribution in [2.24, 2.45) is 0 Å². The third kappa shape index (κ3) is 35.0. The van der Waals surface area contributed by atoms with E-state index in [4.69, 9.17) is 10.0 Å². The Labute approximate surface area is 595 Å². The van der Waals surface area contributed by atoms with Gasteiger partial charge in [-0.25, -0.2) is 35.1 Å². The second-order valence-electron chi connectivity index (χ2n) is 14.9. The number of hydrogen-bond acceptors (Lipinski definition) is 6. The van der Waals surface area contributed by atoms with Gasteiger partial charge in [-0.3, -0.25) is 14.8 Å². The van der Waals surface area contributed by atoms with E-state index >= 15 is 0 Å². The highest BCUT2D eigenvalue weighted by atomic mass is 79.9. The van der Waals surface area contributed by atoms with E-state index in [1.807, 2.05) is 0 Å². The number of aromatic nitrogens is 2. The van der Waals surface area contributed by atoms with Gasteiger partial charge in [0.2, 0.25) is 0 Å². The van der Waals surface area contributed by atoms with Gasteiger partial charge in [0.25, 0.3) is 12.9 Å². The second kappa shape index (κ2) is 53.4. The standard InChI is InChI=1S/C13H7F4NO.C7H7BF2O3.C6H4BrF2N.H47P45/c14-10-3-8(4-11(15)9(10)6-19)7-1-2-12(13(16)17)18-5-7;1-13-7-5(9)2-4(8(11)12)3-6(7)10;7-4-1-2-5(6(8)9)10-3-4;1-24-36(25(2)3)42(37(26(4)5)27(6)7)45(43(38(28(8)9)29(10)11)39(30(12)13)31(14)15)44(40(32(16)17)33(18)19)41(34(20)21)35(22)23/h1-6,13H;2-3,11-12H,1H3;1-3,6H;24H,1-23H2. The molecular formula is C26H65BBrF8N2O4P45. The number of benzene rings is 2. The molecule has 494 valence electrons. The van der Waals surface area contributed by atoms with Crippen molar-refractivity contribution in [1.29, 1.82) is 0 Å². The summed E-state index contributed by atoms with van der Waals surface area (Å²) in [5, 5.41) is 17.2. The van der Waals surface area contributed by atoms with E-state index in [9.17, 15) is 39.9 Å². The Morgan fingerprint density at radius 2 is 0.805 bits per heavy atom. The summed E-state index contributed by atoms with van der Waals surface area (Å²) in [4.78, 5) is 17.4. The molecule has 0 aliphatic heterocycles. The van der Waals surface area contributed by atoms with Crippen LogP contribution in [0, 0.1) is 23.3 Å². The zero-order valence-corrected chi connectivity index (χ0v) is 92.2. The van der Waals surface area contributed by atoms with Gasteiger partial charge in [0.15, 0.2) is 23.7 Å². The summed E-state index contributed by atoms with van der Waals surface area (Å²) in [5.41, 5.74) is -1.14. The summed E-state index contributed by atoms with van der Waals surface area (Å²) in [6, 6.07) is 8.67. The Hall–Kier alpha value is 15.5. The molecule has 4 aromatic rings. The molecule has 0 radical (unpaired) electrons. The molecule has 2 aromatic heterocycles. The van der Waals surface area contributed by atoms with Crippen molar-refractivity contribution in [2.45, 2.75) is 12.9 Å². The summed E-state index contributed by atoms with van der Waals surface area (Å²) in [7, 11) is 79.3. The van der Waals surface area contributed by atoms with Crippen LogP contribution in [-0.4, -0.2) is 40.5 Å². The van der Waals surface area contributed by atoms with E-state index in [1.165, 1.54) is 24.4 Å². The molecule has 2 aromatic carbocycles. The number of methoxy groups -OCH3 is 1. The van der Waals surface area contributed by atoms with Crippen molar-refractivity contribution < 1.29 is 54.7 Å². The molecule has 87 heavy (non-hydrogen) atoms. The molecule has 2 heterocycles. The highest BCUT2D eigenvalue weighted by Gasteiger charge is 2.57. The van der Waals surface area contributed by atoms with E-state index in [1.54, 1.807) is 0 Å². The molecule has 61 heteroatoms. The lowest BCUT2D eigenvalue weighted by molar-refractivity contribution is 0.111. The molecule has 0 amide bonds. The van der Waals surface area contributed by atoms with Crippen LogP contribution in [0.2, 0.25) is 0 Å². The predicted molar refractivity (Wildman–Crippen MR) is 517 cm³/mol. The van der Waals surface area contributed by atoms with Crippen molar-refractivity contribution in [3.63, 3.8) is 0 Å². The van der Waals surface area contributed by atoms with Crippen LogP contribution in [-0.2, 0) is 0 Å². The first kappa shape index (κ1) is 100. The van der Waals surface area contributed by atoms with Crippen LogP contribution in [0.4, 0.5) is 35.1 Å². The topological polar surface area (TPSA) is 92.5 Å². The molecule has 0 saturated heterocycles. The van der Waals surface area contributed by atoms with Gasteiger partial charge in [0.1, 0.15) is 23.0 Å². The number of ether oxygens (including phenoxy) is 1. The van der Waals surface area contributed by atoms with Gasteiger partial charge < -0.3 is 14.8 Å². The summed E-state index contributed by atoms with van der Waals surface area (Å²) in [5.74, 6) is -4.49. The molecule has 0 fully saturated rings. The highest BCUT2D eigenvalue weighted by Crippen LogP contribution is 3.44. The van der Waals surface area contributed by atoms with E-state index in [-0.39, 0.29) is 175 Å². The first-order valence-corrected chi connectivity index (χ1v) is 104. The summed E-state index contributed by atoms with van der Waals surface area (Å²) >= 11 is 3.09. The normalized spacial score (nSPS) is 13.2. The smallest absolute Gasteiger partial charge is 0.488 e. The van der Waals surface area contributed by atoms with Crippen LogP contribution in [0.3, 0.4) is 0 Å². The largest absolute Gasteiger partial charge is 0.491 e. The maximum absolute atomic E-state index is 13.4. The number of rotatable bonds is 27. The fourth-order valence-corrected chi connectivity index (χ4v) is 635. The molecule has 4 rings (SSSR count). The molecule has 0 aliphatic rings. The third-order valence-electron chi connectivity index (χ3n) is 8.89. The van der Waals surface area contributed by atoms with Crippen LogP contribution in [0.25, 0.3) is 11.1 Å². The van der Waals surface area contributed by atoms with Gasteiger partial charge in [-0.15, -0.1) is 205 Å². The average Bonchev–Trinajstić information content (AvgIpc) is 0.910. The molecule has 0 spiro atoms. The Morgan fingerprint density at radius 3 is 1.05 bits per heavy atom. The third-order valence-corrected chi connectivity index (χ3v) is 317. The van der Waals surface area contributed by atoms with Crippen molar-refractivity contribution in [2.75, 3.05) is 7.11 Å². The van der Waals surface area contributed by atoms with Crippen molar-refractivity contribution in [3.8, 4) is 16.9 Å². The van der Waals surface area contributed by atoms with Crippen LogP contribution in [0.1, 0.15) is 34.6 Å². The monoisotopic (exact) mass is 2110 g/mol. The molecule has 0 saturated carbocycles. The minimum Gasteiger partial charge on any atom is -0.491 e. The zero-order chi connectivity index (χ0) is 67.4. The van der Waals surface area contributed by atoms with Gasteiger partial charge in [0, 0.05) is 22.4 Å².